The number of benzene rings is 2. The molecular weight excluding hydrogens is 368 g/mol. The average Bonchev–Trinajstić information content (AvgIpc) is 2.53. The summed E-state index contributed by atoms with van der Waals surface area (Å²) >= 11 is 9.45. The molecule has 2 aromatic carbocycles. The third kappa shape index (κ3) is 3.23. The molecule has 0 atom stereocenters. The number of nitrogens with one attached hydrogen (secondary N) is 1. The number of aromatic nitrogens is 3. The van der Waals surface area contributed by atoms with Crippen LogP contribution < -0.4 is 5.32 Å². The Bertz CT molecular complexity index is 856. The number of carbonyl (C=O) groups excluding carboxylic acids is 1. The average molecular weight is 378 g/mol. The standard InChI is InChI=1S/C15H10BrClN4O/c16-10-6-5-9(11(17)7-10)8-18-15(22)14-19-12-3-1-2-4-13(12)20-21-14/h1-7H,8H2,(H,18,22). The van der Waals surface area contributed by atoms with Gasteiger partial charge in [0, 0.05) is 16.0 Å². The van der Waals surface area contributed by atoms with Crippen LogP contribution in [0.5, 0.6) is 0 Å². The van der Waals surface area contributed by atoms with Gasteiger partial charge in [0.05, 0.1) is 5.52 Å². The number of hydrogen-bond acceptors (Lipinski definition) is 4. The molecule has 22 heavy (non-hydrogen) atoms. The molecule has 0 radical (unpaired) electrons. The third-order valence-corrected chi connectivity index (χ3v) is 3.86. The quantitative estimate of drug-likeness (QED) is 0.760. The van der Waals surface area contributed by atoms with Gasteiger partial charge in [0.15, 0.2) is 0 Å². The molecule has 3 rings (SSSR count). The highest BCUT2D eigenvalue weighted by Gasteiger charge is 2.11. The highest BCUT2D eigenvalue weighted by molar-refractivity contribution is 9.10. The lowest BCUT2D eigenvalue weighted by Gasteiger charge is -2.06. The van der Waals surface area contributed by atoms with E-state index in [2.05, 4.69) is 36.4 Å². The molecule has 0 spiro atoms. The van der Waals surface area contributed by atoms with Crippen molar-refractivity contribution >= 4 is 44.5 Å². The second kappa shape index (κ2) is 6.37. The van der Waals surface area contributed by atoms with Crippen LogP contribution in [0.3, 0.4) is 0 Å². The zero-order valence-corrected chi connectivity index (χ0v) is 13.6. The molecule has 0 unspecified atom stereocenters. The van der Waals surface area contributed by atoms with Crippen LogP contribution in [0.4, 0.5) is 0 Å². The first-order valence-electron chi connectivity index (χ1n) is 6.45. The topological polar surface area (TPSA) is 67.8 Å². The van der Waals surface area contributed by atoms with Crippen LogP contribution in [0.25, 0.3) is 11.0 Å². The maximum Gasteiger partial charge on any atom is 0.291 e. The minimum Gasteiger partial charge on any atom is -0.345 e. The van der Waals surface area contributed by atoms with E-state index in [0.717, 1.165) is 10.0 Å². The number of nitrogens with zero attached hydrogens (tertiary/aromatic N) is 3. The van der Waals surface area contributed by atoms with Crippen molar-refractivity contribution in [3.63, 3.8) is 0 Å². The van der Waals surface area contributed by atoms with E-state index in [0.29, 0.717) is 22.6 Å². The van der Waals surface area contributed by atoms with Gasteiger partial charge in [-0.2, -0.15) is 0 Å². The predicted molar refractivity (Wildman–Crippen MR) is 87.7 cm³/mol. The molecule has 1 N–H and O–H groups in total. The molecule has 7 heteroatoms. The van der Waals surface area contributed by atoms with Crippen molar-refractivity contribution in [3.8, 4) is 0 Å². The normalized spacial score (nSPS) is 10.6. The van der Waals surface area contributed by atoms with E-state index in [9.17, 15) is 4.79 Å². The van der Waals surface area contributed by atoms with Gasteiger partial charge in [-0.1, -0.05) is 45.7 Å². The highest BCUT2D eigenvalue weighted by Crippen LogP contribution is 2.21. The van der Waals surface area contributed by atoms with Crippen molar-refractivity contribution in [2.75, 3.05) is 0 Å². The number of hydrogen-bond donors (Lipinski definition) is 1. The molecule has 5 nitrogen and oxygen atoms in total. The van der Waals surface area contributed by atoms with Gasteiger partial charge >= 0.3 is 0 Å². The Morgan fingerprint density at radius 1 is 1.14 bits per heavy atom. The summed E-state index contributed by atoms with van der Waals surface area (Å²) in [6.45, 7) is 0.293. The molecule has 0 bridgehead atoms. The summed E-state index contributed by atoms with van der Waals surface area (Å²) in [4.78, 5) is 16.3. The van der Waals surface area contributed by atoms with Crippen LogP contribution in [0, 0.1) is 0 Å². The Morgan fingerprint density at radius 2 is 1.91 bits per heavy atom. The Kier molecular flexibility index (Phi) is 4.31. The molecule has 1 aromatic heterocycles. The lowest BCUT2D eigenvalue weighted by atomic mass is 10.2. The van der Waals surface area contributed by atoms with Crippen LogP contribution in [0.2, 0.25) is 5.02 Å². The molecule has 110 valence electrons. The summed E-state index contributed by atoms with van der Waals surface area (Å²) in [6.07, 6.45) is 0. The molecule has 1 amide bonds. The Hall–Kier alpha value is -2.05. The SMILES string of the molecule is O=C(NCc1ccc(Br)cc1Cl)c1nnc2ccccc2n1. The van der Waals surface area contributed by atoms with Gasteiger partial charge in [-0.25, -0.2) is 4.98 Å². The van der Waals surface area contributed by atoms with Crippen molar-refractivity contribution in [3.05, 3.63) is 63.3 Å². The van der Waals surface area contributed by atoms with E-state index < -0.39 is 5.91 Å². The van der Waals surface area contributed by atoms with Crippen LogP contribution in [-0.2, 0) is 6.54 Å². The maximum absolute atomic E-state index is 12.1. The summed E-state index contributed by atoms with van der Waals surface area (Å²) in [5.41, 5.74) is 2.09. The Labute approximate surface area is 139 Å². The fraction of sp³-hybridized carbons (Fsp3) is 0.0667. The van der Waals surface area contributed by atoms with E-state index in [1.807, 2.05) is 24.3 Å². The van der Waals surface area contributed by atoms with Gasteiger partial charge in [0.25, 0.3) is 5.91 Å². The van der Waals surface area contributed by atoms with Gasteiger partial charge in [0.2, 0.25) is 5.82 Å². The summed E-state index contributed by atoms with van der Waals surface area (Å²) in [5.74, 6) is -0.357. The van der Waals surface area contributed by atoms with Gasteiger partial charge in [-0.3, -0.25) is 4.79 Å². The fourth-order valence-electron chi connectivity index (χ4n) is 1.90. The molecule has 3 aromatic rings. The van der Waals surface area contributed by atoms with Crippen LogP contribution >= 0.6 is 27.5 Å². The number of rotatable bonds is 3. The smallest absolute Gasteiger partial charge is 0.291 e. The van der Waals surface area contributed by atoms with E-state index in [1.165, 1.54) is 0 Å². The molecular formula is C15H10BrClN4O. The summed E-state index contributed by atoms with van der Waals surface area (Å²) in [7, 11) is 0. The van der Waals surface area contributed by atoms with E-state index >= 15 is 0 Å². The maximum atomic E-state index is 12.1. The minimum absolute atomic E-state index is 0.0342. The van der Waals surface area contributed by atoms with Crippen molar-refractivity contribution in [2.24, 2.45) is 0 Å². The van der Waals surface area contributed by atoms with Gasteiger partial charge in [0.1, 0.15) is 5.52 Å². The first-order chi connectivity index (χ1) is 10.6. The molecule has 1 heterocycles. The number of amides is 1. The van der Waals surface area contributed by atoms with Crippen molar-refractivity contribution < 1.29 is 4.79 Å². The summed E-state index contributed by atoms with van der Waals surface area (Å²) in [6, 6.07) is 12.7. The summed E-state index contributed by atoms with van der Waals surface area (Å²) < 4.78 is 0.884. The second-order valence-corrected chi connectivity index (χ2v) is 5.87. The van der Waals surface area contributed by atoms with Crippen molar-refractivity contribution in [1.82, 2.24) is 20.5 Å². The fourth-order valence-corrected chi connectivity index (χ4v) is 2.64. The Morgan fingerprint density at radius 3 is 2.68 bits per heavy atom. The molecule has 0 aliphatic heterocycles. The van der Waals surface area contributed by atoms with Crippen LogP contribution in [-0.4, -0.2) is 21.1 Å². The monoisotopic (exact) mass is 376 g/mol. The number of para-hydroxylation sites is 1. The minimum atomic E-state index is -0.391. The molecule has 0 saturated heterocycles. The zero-order chi connectivity index (χ0) is 15.5. The third-order valence-electron chi connectivity index (χ3n) is 3.02. The summed E-state index contributed by atoms with van der Waals surface area (Å²) in [5, 5.41) is 11.1. The highest BCUT2D eigenvalue weighted by atomic mass is 79.9. The molecule has 0 saturated carbocycles. The van der Waals surface area contributed by atoms with E-state index in [1.54, 1.807) is 18.2 Å². The molecule has 0 fully saturated rings. The lowest BCUT2D eigenvalue weighted by Crippen LogP contribution is -2.25. The van der Waals surface area contributed by atoms with E-state index in [4.69, 9.17) is 11.6 Å². The largest absolute Gasteiger partial charge is 0.345 e. The van der Waals surface area contributed by atoms with Crippen LogP contribution in [0.1, 0.15) is 16.2 Å². The molecule has 0 aliphatic rings. The van der Waals surface area contributed by atoms with Crippen LogP contribution in [0.15, 0.2) is 46.9 Å². The number of halogens is 2. The molecule has 0 aliphatic carbocycles. The number of fused-ring (bicyclic) bond motifs is 1. The Balaban J connectivity index is 1.75. The first kappa shape index (κ1) is 14.9. The predicted octanol–water partition coefficient (Wildman–Crippen LogP) is 3.37. The van der Waals surface area contributed by atoms with Crippen molar-refractivity contribution in [2.45, 2.75) is 6.54 Å². The zero-order valence-electron chi connectivity index (χ0n) is 11.3. The lowest BCUT2D eigenvalue weighted by molar-refractivity contribution is 0.0939. The van der Waals surface area contributed by atoms with E-state index in [-0.39, 0.29) is 5.82 Å². The van der Waals surface area contributed by atoms with Gasteiger partial charge < -0.3 is 5.32 Å². The van der Waals surface area contributed by atoms with Gasteiger partial charge in [-0.05, 0) is 29.8 Å². The first-order valence-corrected chi connectivity index (χ1v) is 7.62. The van der Waals surface area contributed by atoms with Gasteiger partial charge in [-0.15, -0.1) is 10.2 Å². The second-order valence-electron chi connectivity index (χ2n) is 4.54. The number of carbonyl (C=O) groups is 1. The van der Waals surface area contributed by atoms with Crippen molar-refractivity contribution in [1.29, 1.82) is 0 Å².